The Morgan fingerprint density at radius 2 is 1.92 bits per heavy atom. The third-order valence-corrected chi connectivity index (χ3v) is 11.4. The zero-order valence-corrected chi connectivity index (χ0v) is 29.0. The van der Waals surface area contributed by atoms with Crippen molar-refractivity contribution in [2.24, 2.45) is 0 Å². The van der Waals surface area contributed by atoms with E-state index in [0.29, 0.717) is 75.4 Å². The third-order valence-electron chi connectivity index (χ3n) is 11.4. The van der Waals surface area contributed by atoms with Crippen LogP contribution in [0.15, 0.2) is 24.3 Å². The topological polar surface area (TPSA) is 129 Å². The van der Waals surface area contributed by atoms with Crippen LogP contribution in [0, 0.1) is 5.82 Å². The van der Waals surface area contributed by atoms with E-state index < -0.39 is 23.3 Å². The molecule has 2 N–H and O–H groups in total. The number of esters is 1. The van der Waals surface area contributed by atoms with Crippen molar-refractivity contribution >= 4 is 40.2 Å². The molecular weight excluding hydrogens is 660 g/mol. The Balaban J connectivity index is 1.18. The summed E-state index contributed by atoms with van der Waals surface area (Å²) in [7, 11) is 0. The van der Waals surface area contributed by atoms with Gasteiger partial charge in [0.15, 0.2) is 0 Å². The Labute approximate surface area is 294 Å². The molecule has 4 saturated heterocycles. The number of urea groups is 1. The van der Waals surface area contributed by atoms with E-state index in [2.05, 4.69) is 20.4 Å². The predicted octanol–water partition coefficient (Wildman–Crippen LogP) is 4.34. The van der Waals surface area contributed by atoms with Crippen molar-refractivity contribution in [3.05, 3.63) is 46.9 Å². The zero-order valence-electron chi connectivity index (χ0n) is 29.0. The van der Waals surface area contributed by atoms with E-state index in [1.165, 1.54) is 6.07 Å². The van der Waals surface area contributed by atoms with E-state index >= 15 is 4.39 Å². The molecule has 1 aromatic heterocycles. The van der Waals surface area contributed by atoms with Gasteiger partial charge in [0.25, 0.3) is 5.91 Å². The van der Waals surface area contributed by atoms with E-state index in [4.69, 9.17) is 19.4 Å². The molecule has 6 heterocycles. The molecule has 0 radical (unpaired) electrons. The second-order valence-electron chi connectivity index (χ2n) is 14.6. The molecule has 0 aliphatic carbocycles. The minimum absolute atomic E-state index is 0.171. The molecular formula is C37H43F2N7O5. The average Bonchev–Trinajstić information content (AvgIpc) is 3.74. The quantitative estimate of drug-likeness (QED) is 0.199. The number of aryl methyl sites for hydroxylation is 1. The number of halogens is 2. The number of alkyl halides is 1. The molecule has 0 bridgehead atoms. The fourth-order valence-electron chi connectivity index (χ4n) is 8.94. The number of hydrogen-bond donors (Lipinski definition) is 2. The highest BCUT2D eigenvalue weighted by Crippen LogP contribution is 2.42. The minimum atomic E-state index is -1.06. The van der Waals surface area contributed by atoms with E-state index in [9.17, 15) is 18.8 Å². The summed E-state index contributed by atoms with van der Waals surface area (Å²) in [5, 5.41) is 6.77. The molecule has 14 heteroatoms. The first kappa shape index (κ1) is 33.5. The molecule has 51 heavy (non-hydrogen) atoms. The molecule has 3 atom stereocenters. The fraction of sp³-hybridized carbons (Fsp3) is 0.541. The number of carbonyl (C=O) groups excluding carboxylic acids is 3. The number of imide groups is 1. The van der Waals surface area contributed by atoms with Crippen LogP contribution in [0.5, 0.6) is 11.8 Å². The number of ether oxygens (including phenoxy) is 2. The van der Waals surface area contributed by atoms with E-state index in [1.54, 1.807) is 25.1 Å². The summed E-state index contributed by atoms with van der Waals surface area (Å²) in [5.74, 6) is 0.0185. The highest BCUT2D eigenvalue weighted by molar-refractivity contribution is 6.07. The summed E-state index contributed by atoms with van der Waals surface area (Å²) >= 11 is 0. The lowest BCUT2D eigenvalue weighted by Gasteiger charge is -2.40. The second-order valence-corrected chi connectivity index (χ2v) is 14.6. The Morgan fingerprint density at radius 1 is 1.08 bits per heavy atom. The molecule has 3 aromatic rings. The SMILES string of the molecule is CCC(=O)Oc1cc(N2CCc3c(nc(OC[C@@]45CCCN4C[C@H](F)C5)nc3N3CCC[C@]4(C3)NC(=O)NC4=O)C2)c2c(CC)c(F)ccc2c1. The summed E-state index contributed by atoms with van der Waals surface area (Å²) in [5.41, 5.74) is 1.47. The highest BCUT2D eigenvalue weighted by Gasteiger charge is 2.51. The molecule has 8 rings (SSSR count). The van der Waals surface area contributed by atoms with Gasteiger partial charge in [-0.15, -0.1) is 0 Å². The van der Waals surface area contributed by atoms with Gasteiger partial charge in [-0.05, 0) is 68.2 Å². The lowest BCUT2D eigenvalue weighted by atomic mass is 9.88. The summed E-state index contributed by atoms with van der Waals surface area (Å²) in [6.07, 6.45) is 3.71. The standard InChI is InChI=1S/C37H43F2N7O5/c1-3-25-27(39)8-7-22-15-24(51-30(47)4-2)16-29(31(22)25)44-14-9-26-28(19-44)40-35(50-21-36-10-5-13-46(36)18-23(38)17-36)41-32(26)45-12-6-11-37(20-45)33(48)42-34(49)43-37/h7-8,15-16,23H,3-6,9-14,17-21H2,1-2H3,(H2,42,43,48,49)/t23-,36+,37-/m1/s1. The van der Waals surface area contributed by atoms with Crippen molar-refractivity contribution in [1.29, 1.82) is 0 Å². The van der Waals surface area contributed by atoms with Crippen LogP contribution in [-0.2, 0) is 29.0 Å². The maximum Gasteiger partial charge on any atom is 0.322 e. The highest BCUT2D eigenvalue weighted by atomic mass is 19.1. The number of aromatic nitrogens is 2. The number of carbonyl (C=O) groups is 3. The van der Waals surface area contributed by atoms with E-state index in [1.807, 2.05) is 11.8 Å². The molecule has 5 aliphatic rings. The van der Waals surface area contributed by atoms with Crippen molar-refractivity contribution < 1.29 is 32.6 Å². The van der Waals surface area contributed by atoms with Crippen LogP contribution in [0.25, 0.3) is 10.8 Å². The van der Waals surface area contributed by atoms with Crippen molar-refractivity contribution in [3.8, 4) is 11.8 Å². The number of benzene rings is 2. The molecule has 5 aliphatic heterocycles. The van der Waals surface area contributed by atoms with Gasteiger partial charge in [0, 0.05) is 55.2 Å². The Bertz CT molecular complexity index is 1930. The van der Waals surface area contributed by atoms with Crippen LogP contribution in [0.3, 0.4) is 0 Å². The molecule has 4 fully saturated rings. The van der Waals surface area contributed by atoms with Crippen LogP contribution in [0.1, 0.15) is 69.2 Å². The number of nitrogens with zero attached hydrogens (tertiary/aromatic N) is 5. The number of rotatable bonds is 8. The number of fused-ring (bicyclic) bond motifs is 3. The van der Waals surface area contributed by atoms with Crippen LogP contribution in [0.2, 0.25) is 0 Å². The average molecular weight is 704 g/mol. The summed E-state index contributed by atoms with van der Waals surface area (Å²) in [4.78, 5) is 53.8. The van der Waals surface area contributed by atoms with Gasteiger partial charge in [0.05, 0.1) is 24.3 Å². The molecule has 12 nitrogen and oxygen atoms in total. The van der Waals surface area contributed by atoms with Crippen molar-refractivity contribution in [3.63, 3.8) is 0 Å². The maximum absolute atomic E-state index is 15.3. The van der Waals surface area contributed by atoms with Crippen LogP contribution in [0.4, 0.5) is 25.1 Å². The molecule has 270 valence electrons. The summed E-state index contributed by atoms with van der Waals surface area (Å²) in [6, 6.07) is 6.40. The fourth-order valence-corrected chi connectivity index (χ4v) is 8.94. The maximum atomic E-state index is 15.3. The van der Waals surface area contributed by atoms with Gasteiger partial charge in [-0.3, -0.25) is 19.8 Å². The molecule has 0 unspecified atom stereocenters. The molecule has 1 spiro atoms. The van der Waals surface area contributed by atoms with Crippen LogP contribution in [-0.4, -0.2) is 89.4 Å². The smallest absolute Gasteiger partial charge is 0.322 e. The van der Waals surface area contributed by atoms with Crippen molar-refractivity contribution in [2.75, 3.05) is 49.1 Å². The van der Waals surface area contributed by atoms with Crippen molar-refractivity contribution in [2.45, 2.75) is 89.0 Å². The third kappa shape index (κ3) is 5.90. The first-order valence-electron chi connectivity index (χ1n) is 18.1. The first-order valence-corrected chi connectivity index (χ1v) is 18.1. The first-order chi connectivity index (χ1) is 24.6. The zero-order chi connectivity index (χ0) is 35.5. The lowest BCUT2D eigenvalue weighted by Crippen LogP contribution is -2.59. The largest absolute Gasteiger partial charge is 0.461 e. The van der Waals surface area contributed by atoms with Gasteiger partial charge in [-0.25, -0.2) is 13.6 Å². The van der Waals surface area contributed by atoms with E-state index in [-0.39, 0.29) is 43.3 Å². The summed E-state index contributed by atoms with van der Waals surface area (Å²) in [6.45, 7) is 6.87. The van der Waals surface area contributed by atoms with Gasteiger partial charge < -0.3 is 24.6 Å². The number of anilines is 2. The Hall–Kier alpha value is -4.59. The number of amides is 3. The molecule has 2 aromatic carbocycles. The number of nitrogens with one attached hydrogen (secondary N) is 2. The number of hydrogen-bond acceptors (Lipinski definition) is 10. The van der Waals surface area contributed by atoms with Gasteiger partial charge in [0.2, 0.25) is 0 Å². The minimum Gasteiger partial charge on any atom is -0.461 e. The monoisotopic (exact) mass is 703 g/mol. The van der Waals surface area contributed by atoms with Crippen LogP contribution < -0.4 is 29.9 Å². The van der Waals surface area contributed by atoms with Gasteiger partial charge in [-0.2, -0.15) is 9.97 Å². The molecule has 3 amide bonds. The Morgan fingerprint density at radius 3 is 2.71 bits per heavy atom. The van der Waals surface area contributed by atoms with Gasteiger partial charge >= 0.3 is 18.0 Å². The van der Waals surface area contributed by atoms with Crippen molar-refractivity contribution in [1.82, 2.24) is 25.5 Å². The van der Waals surface area contributed by atoms with Crippen LogP contribution >= 0.6 is 0 Å². The normalized spacial score (nSPS) is 26.0. The summed E-state index contributed by atoms with van der Waals surface area (Å²) < 4.78 is 41.9. The lowest BCUT2D eigenvalue weighted by molar-refractivity contribution is -0.134. The predicted molar refractivity (Wildman–Crippen MR) is 185 cm³/mol. The second kappa shape index (κ2) is 12.9. The van der Waals surface area contributed by atoms with Gasteiger partial charge in [0.1, 0.15) is 35.7 Å². The number of piperidine rings is 1. The van der Waals surface area contributed by atoms with Gasteiger partial charge in [-0.1, -0.05) is 19.9 Å². The molecule has 0 saturated carbocycles. The Kier molecular flexibility index (Phi) is 8.47. The van der Waals surface area contributed by atoms with E-state index in [0.717, 1.165) is 47.1 Å².